The van der Waals surface area contributed by atoms with Crippen LogP contribution < -0.4 is 93.3 Å². The molecule has 0 radical (unpaired) electrons. The Morgan fingerprint density at radius 1 is 0.298 bits per heavy atom. The minimum absolute atomic E-state index is 0. The van der Waals surface area contributed by atoms with Crippen LogP contribution in [-0.4, -0.2) is 205 Å². The van der Waals surface area contributed by atoms with Gasteiger partial charge in [-0.3, -0.25) is 47.9 Å². The van der Waals surface area contributed by atoms with Gasteiger partial charge >= 0.3 is 0 Å². The molecule has 0 aromatic carbocycles. The summed E-state index contributed by atoms with van der Waals surface area (Å²) in [5.74, 6) is -5.72. The van der Waals surface area contributed by atoms with E-state index >= 15 is 0 Å². The summed E-state index contributed by atoms with van der Waals surface area (Å²) >= 11 is 2.45. The number of unbranched alkanes of at least 4 members (excludes halogenated alkanes) is 29. The van der Waals surface area contributed by atoms with E-state index in [-0.39, 0.29) is 129 Å². The van der Waals surface area contributed by atoms with Gasteiger partial charge in [-0.05, 0) is 167 Å². The highest BCUT2D eigenvalue weighted by atomic mass is 35.5. The zero-order valence-electron chi connectivity index (χ0n) is 74.0. The summed E-state index contributed by atoms with van der Waals surface area (Å²) < 4.78 is 0. The number of nitrogens with two attached hydrogens (primary N) is 7. The molecule has 0 saturated heterocycles. The average molecular weight is 1860 g/mol. The van der Waals surface area contributed by atoms with E-state index in [0.717, 1.165) is 109 Å². The van der Waals surface area contributed by atoms with E-state index in [1.54, 1.807) is 0 Å². The topological polar surface area (TPSA) is 514 Å². The summed E-state index contributed by atoms with van der Waals surface area (Å²) in [4.78, 5) is 137. The molecule has 714 valence electrons. The normalized spacial score (nSPS) is 13.6. The fourth-order valence-corrected chi connectivity index (χ4v) is 15.0. The Kier molecular flexibility index (Phi) is 95.8. The number of amides is 10. The highest BCUT2D eigenvalue weighted by Crippen LogP contribution is 2.17. The highest BCUT2D eigenvalue weighted by molar-refractivity contribution is 8.03. The third-order valence-electron chi connectivity index (χ3n) is 20.3. The molecule has 0 bridgehead atoms. The van der Waals surface area contributed by atoms with Gasteiger partial charge < -0.3 is 104 Å². The van der Waals surface area contributed by atoms with Crippen molar-refractivity contribution < 1.29 is 58.2 Å². The van der Waals surface area contributed by atoms with E-state index < -0.39 is 121 Å². The molecule has 29 nitrogen and oxygen atoms in total. The molecule has 0 spiro atoms. The number of carbonyl (C=O) groups excluding carboxylic acids is 10. The van der Waals surface area contributed by atoms with Gasteiger partial charge in [-0.1, -0.05) is 186 Å². The van der Waals surface area contributed by atoms with Crippen LogP contribution in [-0.2, 0) is 47.9 Å². The second-order valence-corrected chi connectivity index (χ2v) is 33.3. The van der Waals surface area contributed by atoms with Gasteiger partial charge in [0.2, 0.25) is 59.1 Å². The lowest BCUT2D eigenvalue weighted by molar-refractivity contribution is -0.134. The van der Waals surface area contributed by atoms with Crippen molar-refractivity contribution in [3.8, 4) is 0 Å². The molecule has 0 aliphatic rings. The first kappa shape index (κ1) is 128. The lowest BCUT2D eigenvalue weighted by Crippen LogP contribution is -2.59. The number of aliphatic hydroxyl groups excluding tert-OH is 2. The Morgan fingerprint density at radius 3 is 0.950 bits per heavy atom. The second-order valence-electron chi connectivity index (χ2n) is 31.0. The van der Waals surface area contributed by atoms with Gasteiger partial charge in [-0.15, -0.1) is 62.0 Å². The third kappa shape index (κ3) is 73.7. The van der Waals surface area contributed by atoms with Gasteiger partial charge in [0.15, 0.2) is 0 Å². The Bertz CT molecular complexity index is 2640. The molecule has 26 N–H and O–H groups in total. The van der Waals surface area contributed by atoms with Crippen LogP contribution in [0.2, 0.25) is 0 Å². The monoisotopic (exact) mass is 1860 g/mol. The minimum Gasteiger partial charge on any atom is -0.394 e. The highest BCUT2D eigenvalue weighted by Gasteiger charge is 2.33. The zero-order valence-corrected chi connectivity index (χ0v) is 79.7. The number of halogens is 5. The van der Waals surface area contributed by atoms with Crippen LogP contribution in [0.1, 0.15) is 316 Å². The van der Waals surface area contributed by atoms with Gasteiger partial charge in [0.05, 0.1) is 37.2 Å². The summed E-state index contributed by atoms with van der Waals surface area (Å²) in [6.07, 6.45) is 46.5. The van der Waals surface area contributed by atoms with E-state index in [2.05, 4.69) is 91.3 Å². The number of hydrogen-bond donors (Lipinski definition) is 19. The van der Waals surface area contributed by atoms with Crippen LogP contribution in [0.25, 0.3) is 0 Å². The van der Waals surface area contributed by atoms with Crippen molar-refractivity contribution in [3.63, 3.8) is 0 Å². The number of nitrogens with one attached hydrogen (secondary N) is 10. The predicted octanol–water partition coefficient (Wildman–Crippen LogP) is 9.18. The molecule has 0 aliphatic carbocycles. The average Bonchev–Trinajstić information content (AvgIpc) is 0.872. The van der Waals surface area contributed by atoms with Gasteiger partial charge in [-0.25, -0.2) is 0 Å². The van der Waals surface area contributed by atoms with Crippen molar-refractivity contribution in [2.75, 3.05) is 75.4 Å². The lowest BCUT2D eigenvalue weighted by atomic mass is 10.1. The lowest BCUT2D eigenvalue weighted by Gasteiger charge is -2.26. The van der Waals surface area contributed by atoms with Crippen molar-refractivity contribution in [3.05, 3.63) is 24.3 Å². The van der Waals surface area contributed by atoms with E-state index in [4.69, 9.17) is 40.1 Å². The van der Waals surface area contributed by atoms with Gasteiger partial charge in [-0.2, -0.15) is 23.5 Å². The number of hydrogen-bond acceptors (Lipinski definition) is 21. The Balaban J connectivity index is -0.00000661. The molecule has 0 aliphatic heterocycles. The number of thioether (sulfide) groups is 2. The maximum Gasteiger partial charge on any atom is 0.245 e. The third-order valence-corrected chi connectivity index (χ3v) is 22.7. The summed E-state index contributed by atoms with van der Waals surface area (Å²) in [5.41, 5.74) is 41.8. The molecule has 10 unspecified atom stereocenters. The Morgan fingerprint density at radius 2 is 0.579 bits per heavy atom. The summed E-state index contributed by atoms with van der Waals surface area (Å²) in [7, 11) is 0. The van der Waals surface area contributed by atoms with Gasteiger partial charge in [0.25, 0.3) is 0 Å². The first-order chi connectivity index (χ1) is 56.1. The largest absolute Gasteiger partial charge is 0.394 e. The van der Waals surface area contributed by atoms with Crippen LogP contribution in [0, 0.1) is 0 Å². The first-order valence-corrected chi connectivity index (χ1v) is 47.2. The summed E-state index contributed by atoms with van der Waals surface area (Å²) in [5, 5.41) is 49.2. The van der Waals surface area contributed by atoms with Crippen molar-refractivity contribution >= 4 is 145 Å². The summed E-state index contributed by atoms with van der Waals surface area (Å²) in [6, 6.07) is -9.92. The molecule has 10 atom stereocenters. The zero-order chi connectivity index (χ0) is 85.9. The second kappa shape index (κ2) is 90.7. The van der Waals surface area contributed by atoms with Crippen LogP contribution in [0.5, 0.6) is 0 Å². The number of carbonyl (C=O) groups is 10. The van der Waals surface area contributed by atoms with Crippen molar-refractivity contribution in [2.45, 2.75) is 377 Å². The molecule has 36 heteroatoms. The SMILES string of the molecule is CCCCCCCC/C=C/CCCCCCCCNC(=O)CC(O)NC(=O)C(CSCCSCC(NC(=O)C(CCCCNC(=O)C(N)CCCN)NC(=O)C(N)CCCCN)C(=O)NC(CO)C(=O)NCCCCCCCC/C=C/CCCCCCCC)NC(=O)C(CCCCNC(=O)C(N)CCCC)NC(=O)C(N)CCCCN.Cl.Cl.Cl.Cl.Cl. The fourth-order valence-electron chi connectivity index (χ4n) is 12.8. The van der Waals surface area contributed by atoms with E-state index in [9.17, 15) is 58.2 Å². The molecule has 0 rings (SSSR count). The Hall–Kier alpha value is -4.03. The van der Waals surface area contributed by atoms with E-state index in [1.165, 1.54) is 101 Å². The van der Waals surface area contributed by atoms with Crippen molar-refractivity contribution in [1.82, 2.24) is 53.2 Å². The van der Waals surface area contributed by atoms with Crippen molar-refractivity contribution in [1.29, 1.82) is 0 Å². The van der Waals surface area contributed by atoms with E-state index in [1.807, 2.05) is 6.92 Å². The molecule has 121 heavy (non-hydrogen) atoms. The van der Waals surface area contributed by atoms with Gasteiger partial charge in [0, 0.05) is 49.2 Å². The summed E-state index contributed by atoms with van der Waals surface area (Å²) in [6.45, 7) is 8.04. The quantitative estimate of drug-likeness (QED) is 0.0153. The van der Waals surface area contributed by atoms with Gasteiger partial charge in [0.1, 0.15) is 36.4 Å². The number of rotatable bonds is 81. The molecule has 0 saturated carbocycles. The first-order valence-electron chi connectivity index (χ1n) is 44.9. The van der Waals surface area contributed by atoms with Crippen LogP contribution >= 0.6 is 85.6 Å². The van der Waals surface area contributed by atoms with E-state index in [0.29, 0.717) is 116 Å². The molecular formula is C85H170Cl5N17O12S2. The Labute approximate surface area is 767 Å². The smallest absolute Gasteiger partial charge is 0.245 e. The molecule has 10 amide bonds. The fraction of sp³-hybridized carbons (Fsp3) is 0.835. The maximum absolute atomic E-state index is 14.6. The standard InChI is InChI=1S/C85H165N17O12S2.5ClH/c1-4-7-10-12-14-16-18-20-22-24-26-28-30-32-34-42-56-93-75(104)62-76(105)102-85(114)74(101-83(112)71(98-80(109)69(92)49-37-41-54-87)52-38-44-58-94-77(106)66(89)47-9-6-3)65-116-61-60-115-64-73(84(113)99-72(63-103)81(110)96-57-43-35-33-31-29-27-25-23-21-19-17-15-13-11-8-5-2)100-82(111)70(97-79(108)68(91)48-36-40-53-86)51-39-45-59-95-78(107)67(90)50-46-55-88;;;;;/h20-23,66-74,76,103,105H,4-19,24-65,86-92H2,1-3H3,(H,93,104)(H,94,106)(H,95,107)(H,96,110)(H,97,108)(H,98,109)(H,99,113)(H,100,111)(H,101,112)(H,102,114);5*1H/b22-20+,23-21+;;;;;. The molecule has 0 heterocycles. The predicted molar refractivity (Wildman–Crippen MR) is 511 cm³/mol. The van der Waals surface area contributed by atoms with Crippen LogP contribution in [0.15, 0.2) is 24.3 Å². The molecular weight excluding hydrogens is 1690 g/mol. The maximum atomic E-state index is 14.6. The number of aliphatic hydroxyl groups is 2. The minimum atomic E-state index is -1.65. The van der Waals surface area contributed by atoms with Crippen LogP contribution in [0.3, 0.4) is 0 Å². The molecule has 0 aromatic heterocycles. The molecule has 0 aromatic rings. The van der Waals surface area contributed by atoms with Crippen LogP contribution in [0.4, 0.5) is 0 Å². The molecule has 0 fully saturated rings. The number of allylic oxidation sites excluding steroid dienone is 4. The van der Waals surface area contributed by atoms with Crippen molar-refractivity contribution in [2.24, 2.45) is 40.1 Å².